The Kier molecular flexibility index (Phi) is 3.32. The SMILES string of the molecule is C=C/C=C\c1c(N)cccc1CC. The first kappa shape index (κ1) is 9.59. The molecular weight excluding hydrogens is 158 g/mol. The van der Waals surface area contributed by atoms with Crippen LogP contribution in [0.2, 0.25) is 0 Å². The van der Waals surface area contributed by atoms with Crippen LogP contribution in [0.25, 0.3) is 6.08 Å². The molecule has 13 heavy (non-hydrogen) atoms. The fourth-order valence-electron chi connectivity index (χ4n) is 1.31. The van der Waals surface area contributed by atoms with E-state index in [0.29, 0.717) is 0 Å². The Morgan fingerprint density at radius 2 is 2.23 bits per heavy atom. The van der Waals surface area contributed by atoms with Crippen LogP contribution in [0.4, 0.5) is 5.69 Å². The highest BCUT2D eigenvalue weighted by Gasteiger charge is 1.99. The number of hydrogen-bond donors (Lipinski definition) is 1. The fraction of sp³-hybridized carbons (Fsp3) is 0.167. The Balaban J connectivity index is 3.14. The van der Waals surface area contributed by atoms with Gasteiger partial charge in [-0.3, -0.25) is 0 Å². The molecule has 1 aromatic rings. The zero-order valence-electron chi connectivity index (χ0n) is 7.96. The van der Waals surface area contributed by atoms with Gasteiger partial charge in [-0.15, -0.1) is 0 Å². The molecule has 0 fully saturated rings. The van der Waals surface area contributed by atoms with Gasteiger partial charge in [-0.05, 0) is 18.1 Å². The van der Waals surface area contributed by atoms with Crippen LogP contribution in [0.3, 0.4) is 0 Å². The molecule has 1 heteroatoms. The lowest BCUT2D eigenvalue weighted by molar-refractivity contribution is 1.13. The van der Waals surface area contributed by atoms with Crippen molar-refractivity contribution >= 4 is 11.8 Å². The number of nitrogen functional groups attached to an aromatic ring is 1. The highest BCUT2D eigenvalue weighted by atomic mass is 14.6. The van der Waals surface area contributed by atoms with Crippen LogP contribution in [0, 0.1) is 0 Å². The zero-order valence-corrected chi connectivity index (χ0v) is 7.96. The summed E-state index contributed by atoms with van der Waals surface area (Å²) in [4.78, 5) is 0. The summed E-state index contributed by atoms with van der Waals surface area (Å²) in [7, 11) is 0. The molecule has 68 valence electrons. The summed E-state index contributed by atoms with van der Waals surface area (Å²) in [6.07, 6.45) is 6.67. The Morgan fingerprint density at radius 1 is 1.46 bits per heavy atom. The first-order chi connectivity index (χ1) is 6.29. The smallest absolute Gasteiger partial charge is 0.0390 e. The van der Waals surface area contributed by atoms with Crippen LogP contribution in [0.1, 0.15) is 18.1 Å². The van der Waals surface area contributed by atoms with E-state index >= 15 is 0 Å². The summed E-state index contributed by atoms with van der Waals surface area (Å²) >= 11 is 0. The lowest BCUT2D eigenvalue weighted by Gasteiger charge is -2.05. The fourth-order valence-corrected chi connectivity index (χ4v) is 1.31. The molecule has 0 aliphatic rings. The molecule has 0 saturated carbocycles. The van der Waals surface area contributed by atoms with Crippen LogP contribution >= 0.6 is 0 Å². The van der Waals surface area contributed by atoms with Crippen LogP contribution < -0.4 is 5.73 Å². The standard InChI is InChI=1S/C12H15N/c1-3-5-8-11-10(4-2)7-6-9-12(11)13/h3,5-9H,1,4,13H2,2H3/b8-5-. The average Bonchev–Trinajstić information content (AvgIpc) is 2.15. The largest absolute Gasteiger partial charge is 0.398 e. The molecular formula is C12H15N. The third-order valence-electron chi connectivity index (χ3n) is 2.01. The van der Waals surface area contributed by atoms with Gasteiger partial charge in [0.05, 0.1) is 0 Å². The minimum atomic E-state index is 0.831. The highest BCUT2D eigenvalue weighted by molar-refractivity contribution is 5.68. The minimum absolute atomic E-state index is 0.831. The van der Waals surface area contributed by atoms with Gasteiger partial charge >= 0.3 is 0 Å². The molecule has 0 saturated heterocycles. The Bertz CT molecular complexity index is 324. The van der Waals surface area contributed by atoms with Crippen molar-refractivity contribution in [3.8, 4) is 0 Å². The van der Waals surface area contributed by atoms with Crippen molar-refractivity contribution in [2.45, 2.75) is 13.3 Å². The van der Waals surface area contributed by atoms with Gasteiger partial charge in [0.2, 0.25) is 0 Å². The second-order valence-electron chi connectivity index (χ2n) is 2.87. The normalized spacial score (nSPS) is 10.5. The average molecular weight is 173 g/mol. The monoisotopic (exact) mass is 173 g/mol. The maximum absolute atomic E-state index is 5.85. The van der Waals surface area contributed by atoms with E-state index in [1.54, 1.807) is 6.08 Å². The number of benzene rings is 1. The third-order valence-corrected chi connectivity index (χ3v) is 2.01. The van der Waals surface area contributed by atoms with E-state index < -0.39 is 0 Å². The van der Waals surface area contributed by atoms with E-state index in [2.05, 4.69) is 19.6 Å². The molecule has 1 rings (SSSR count). The second-order valence-corrected chi connectivity index (χ2v) is 2.87. The molecule has 0 aliphatic carbocycles. The van der Waals surface area contributed by atoms with E-state index in [0.717, 1.165) is 17.7 Å². The van der Waals surface area contributed by atoms with Gasteiger partial charge in [0, 0.05) is 11.3 Å². The number of nitrogens with two attached hydrogens (primary N) is 1. The molecule has 0 bridgehead atoms. The molecule has 0 spiro atoms. The van der Waals surface area contributed by atoms with E-state index in [-0.39, 0.29) is 0 Å². The van der Waals surface area contributed by atoms with Gasteiger partial charge in [-0.2, -0.15) is 0 Å². The van der Waals surface area contributed by atoms with E-state index in [4.69, 9.17) is 5.73 Å². The number of aryl methyl sites for hydroxylation is 1. The van der Waals surface area contributed by atoms with Gasteiger partial charge in [-0.25, -0.2) is 0 Å². The molecule has 1 aromatic carbocycles. The van der Waals surface area contributed by atoms with Crippen molar-refractivity contribution < 1.29 is 0 Å². The lowest BCUT2D eigenvalue weighted by atomic mass is 10.0. The highest BCUT2D eigenvalue weighted by Crippen LogP contribution is 2.19. The molecule has 1 nitrogen and oxygen atoms in total. The summed E-state index contributed by atoms with van der Waals surface area (Å²) in [5, 5.41) is 0. The first-order valence-corrected chi connectivity index (χ1v) is 4.46. The number of hydrogen-bond acceptors (Lipinski definition) is 1. The van der Waals surface area contributed by atoms with Crippen molar-refractivity contribution in [2.24, 2.45) is 0 Å². The quantitative estimate of drug-likeness (QED) is 0.552. The summed E-state index contributed by atoms with van der Waals surface area (Å²) in [5.74, 6) is 0. The summed E-state index contributed by atoms with van der Waals surface area (Å²) in [5.41, 5.74) is 9.07. The van der Waals surface area contributed by atoms with Gasteiger partial charge in [-0.1, -0.05) is 43.9 Å². The predicted molar refractivity (Wildman–Crippen MR) is 59.5 cm³/mol. The van der Waals surface area contributed by atoms with Crippen molar-refractivity contribution in [1.29, 1.82) is 0 Å². The molecule has 2 N–H and O–H groups in total. The molecule has 0 atom stereocenters. The predicted octanol–water partition coefficient (Wildman–Crippen LogP) is 3.03. The number of rotatable bonds is 3. The number of allylic oxidation sites excluding steroid dienone is 2. The summed E-state index contributed by atoms with van der Waals surface area (Å²) < 4.78 is 0. The Morgan fingerprint density at radius 3 is 2.85 bits per heavy atom. The molecule has 0 heterocycles. The van der Waals surface area contributed by atoms with E-state index in [9.17, 15) is 0 Å². The molecule has 0 unspecified atom stereocenters. The van der Waals surface area contributed by atoms with E-state index in [1.807, 2.05) is 24.3 Å². The lowest BCUT2D eigenvalue weighted by Crippen LogP contribution is -1.93. The molecule has 0 amide bonds. The summed E-state index contributed by atoms with van der Waals surface area (Å²) in [6, 6.07) is 6.00. The van der Waals surface area contributed by atoms with Gasteiger partial charge in [0.15, 0.2) is 0 Å². The van der Waals surface area contributed by atoms with Crippen LogP contribution in [-0.2, 0) is 6.42 Å². The first-order valence-electron chi connectivity index (χ1n) is 4.46. The maximum atomic E-state index is 5.85. The van der Waals surface area contributed by atoms with Gasteiger partial charge in [0.1, 0.15) is 0 Å². The molecule has 0 aliphatic heterocycles. The van der Waals surface area contributed by atoms with Crippen molar-refractivity contribution in [2.75, 3.05) is 5.73 Å². The Hall–Kier alpha value is -1.50. The van der Waals surface area contributed by atoms with Crippen molar-refractivity contribution in [1.82, 2.24) is 0 Å². The van der Waals surface area contributed by atoms with Crippen LogP contribution in [-0.4, -0.2) is 0 Å². The third kappa shape index (κ3) is 2.22. The van der Waals surface area contributed by atoms with E-state index in [1.165, 1.54) is 5.56 Å². The topological polar surface area (TPSA) is 26.0 Å². The van der Waals surface area contributed by atoms with Crippen molar-refractivity contribution in [3.05, 3.63) is 48.1 Å². The van der Waals surface area contributed by atoms with Crippen LogP contribution in [0.15, 0.2) is 36.9 Å². The number of anilines is 1. The van der Waals surface area contributed by atoms with Gasteiger partial charge < -0.3 is 5.73 Å². The molecule has 0 radical (unpaired) electrons. The maximum Gasteiger partial charge on any atom is 0.0390 e. The zero-order chi connectivity index (χ0) is 9.68. The van der Waals surface area contributed by atoms with Crippen LogP contribution in [0.5, 0.6) is 0 Å². The Labute approximate surface area is 79.6 Å². The second kappa shape index (κ2) is 4.51. The van der Waals surface area contributed by atoms with Crippen molar-refractivity contribution in [3.63, 3.8) is 0 Å². The minimum Gasteiger partial charge on any atom is -0.398 e. The van der Waals surface area contributed by atoms with Gasteiger partial charge in [0.25, 0.3) is 0 Å². The summed E-state index contributed by atoms with van der Waals surface area (Å²) in [6.45, 7) is 5.76. The molecule has 0 aromatic heterocycles.